The zero-order valence-corrected chi connectivity index (χ0v) is 11.4. The predicted molar refractivity (Wildman–Crippen MR) is 70.9 cm³/mol. The lowest BCUT2D eigenvalue weighted by Crippen LogP contribution is -2.28. The molecule has 1 nitrogen and oxygen atoms in total. The Bertz CT molecular complexity index is 321. The Morgan fingerprint density at radius 2 is 2.00 bits per heavy atom. The second-order valence-electron chi connectivity index (χ2n) is 4.81. The molecule has 0 aromatic heterocycles. The van der Waals surface area contributed by atoms with E-state index in [4.69, 9.17) is 4.74 Å². The van der Waals surface area contributed by atoms with Crippen LogP contribution in [0.2, 0.25) is 0 Å². The second kappa shape index (κ2) is 5.33. The number of alkyl halides is 1. The van der Waals surface area contributed by atoms with Crippen LogP contribution in [0, 0.1) is 5.92 Å². The minimum atomic E-state index is -0.184. The van der Waals surface area contributed by atoms with Crippen LogP contribution in [-0.2, 0) is 10.3 Å². The van der Waals surface area contributed by atoms with Gasteiger partial charge in [-0.3, -0.25) is 0 Å². The molecule has 2 rings (SSSR count). The molecule has 0 bridgehead atoms. The van der Waals surface area contributed by atoms with Crippen LogP contribution in [0.25, 0.3) is 0 Å². The molecular formula is C14H19BrO. The van der Waals surface area contributed by atoms with E-state index in [1.165, 1.54) is 24.8 Å². The van der Waals surface area contributed by atoms with E-state index in [-0.39, 0.29) is 5.60 Å². The molecule has 0 N–H and O–H groups in total. The fraction of sp³-hybridized carbons (Fsp3) is 0.571. The largest absolute Gasteiger partial charge is 0.370 e. The Kier molecular flexibility index (Phi) is 4.04. The number of rotatable bonds is 6. The molecule has 0 amide bonds. The van der Waals surface area contributed by atoms with Gasteiger partial charge in [-0.25, -0.2) is 0 Å². The summed E-state index contributed by atoms with van der Waals surface area (Å²) in [6.45, 7) is 3.03. The van der Waals surface area contributed by atoms with Gasteiger partial charge < -0.3 is 4.74 Å². The van der Waals surface area contributed by atoms with Crippen LogP contribution in [-0.4, -0.2) is 11.9 Å². The molecule has 0 aliphatic heterocycles. The van der Waals surface area contributed by atoms with Crippen molar-refractivity contribution in [2.45, 2.75) is 31.8 Å². The van der Waals surface area contributed by atoms with Crippen LogP contribution >= 0.6 is 15.9 Å². The Morgan fingerprint density at radius 3 is 2.56 bits per heavy atom. The molecular weight excluding hydrogens is 264 g/mol. The standard InChI is InChI=1S/C14H19BrO/c1-14(11-15,13-5-3-2-4-6-13)16-10-9-12-7-8-12/h2-6,12H,7-11H2,1H3. The summed E-state index contributed by atoms with van der Waals surface area (Å²) in [5.74, 6) is 0.940. The fourth-order valence-electron chi connectivity index (χ4n) is 1.85. The second-order valence-corrected chi connectivity index (χ2v) is 5.37. The first-order valence-electron chi connectivity index (χ1n) is 6.00. The predicted octanol–water partition coefficient (Wildman–Crippen LogP) is 4.11. The normalized spacial score (nSPS) is 19.4. The average Bonchev–Trinajstić information content (AvgIpc) is 3.14. The van der Waals surface area contributed by atoms with Crippen molar-refractivity contribution < 1.29 is 4.74 Å². The van der Waals surface area contributed by atoms with Gasteiger partial charge in [-0.1, -0.05) is 59.1 Å². The first-order chi connectivity index (χ1) is 7.74. The minimum absolute atomic E-state index is 0.184. The highest BCUT2D eigenvalue weighted by atomic mass is 79.9. The van der Waals surface area contributed by atoms with Gasteiger partial charge in [-0.05, 0) is 24.8 Å². The summed E-state index contributed by atoms with van der Waals surface area (Å²) < 4.78 is 6.07. The van der Waals surface area contributed by atoms with Gasteiger partial charge in [0, 0.05) is 11.9 Å². The van der Waals surface area contributed by atoms with Crippen molar-refractivity contribution in [3.05, 3.63) is 35.9 Å². The van der Waals surface area contributed by atoms with Crippen molar-refractivity contribution in [1.82, 2.24) is 0 Å². The number of hydrogen-bond donors (Lipinski definition) is 0. The molecule has 1 aliphatic rings. The molecule has 0 spiro atoms. The summed E-state index contributed by atoms with van der Waals surface area (Å²) in [6, 6.07) is 10.5. The molecule has 1 aromatic carbocycles. The van der Waals surface area contributed by atoms with Crippen LogP contribution in [0.15, 0.2) is 30.3 Å². The van der Waals surface area contributed by atoms with Crippen molar-refractivity contribution in [3.63, 3.8) is 0 Å². The topological polar surface area (TPSA) is 9.23 Å². The molecule has 0 heterocycles. The van der Waals surface area contributed by atoms with Gasteiger partial charge in [0.15, 0.2) is 0 Å². The summed E-state index contributed by atoms with van der Waals surface area (Å²) in [4.78, 5) is 0. The van der Waals surface area contributed by atoms with Crippen LogP contribution in [0.3, 0.4) is 0 Å². The third kappa shape index (κ3) is 3.08. The van der Waals surface area contributed by atoms with Gasteiger partial charge in [0.25, 0.3) is 0 Å². The first-order valence-corrected chi connectivity index (χ1v) is 7.12. The summed E-state index contributed by atoms with van der Waals surface area (Å²) in [6.07, 6.45) is 4.02. The lowest BCUT2D eigenvalue weighted by Gasteiger charge is -2.28. The van der Waals surface area contributed by atoms with Crippen molar-refractivity contribution in [1.29, 1.82) is 0 Å². The van der Waals surface area contributed by atoms with Crippen LogP contribution in [0.5, 0.6) is 0 Å². The first kappa shape index (κ1) is 12.1. The van der Waals surface area contributed by atoms with Crippen molar-refractivity contribution in [2.75, 3.05) is 11.9 Å². The zero-order valence-electron chi connectivity index (χ0n) is 9.79. The zero-order chi connectivity index (χ0) is 11.4. The average molecular weight is 283 g/mol. The molecule has 1 fully saturated rings. The number of ether oxygens (including phenoxy) is 1. The van der Waals surface area contributed by atoms with E-state index in [0.717, 1.165) is 17.9 Å². The number of halogens is 1. The Balaban J connectivity index is 1.94. The van der Waals surface area contributed by atoms with Crippen LogP contribution in [0.1, 0.15) is 31.7 Å². The highest BCUT2D eigenvalue weighted by Crippen LogP contribution is 2.34. The third-order valence-corrected chi connectivity index (χ3v) is 4.35. The summed E-state index contributed by atoms with van der Waals surface area (Å²) in [5, 5.41) is 0.842. The molecule has 1 aromatic rings. The van der Waals surface area contributed by atoms with Gasteiger partial charge in [-0.15, -0.1) is 0 Å². The monoisotopic (exact) mass is 282 g/mol. The molecule has 16 heavy (non-hydrogen) atoms. The van der Waals surface area contributed by atoms with E-state index >= 15 is 0 Å². The highest BCUT2D eigenvalue weighted by molar-refractivity contribution is 9.09. The van der Waals surface area contributed by atoms with Gasteiger partial charge in [-0.2, -0.15) is 0 Å². The van der Waals surface area contributed by atoms with E-state index < -0.39 is 0 Å². The van der Waals surface area contributed by atoms with E-state index in [0.29, 0.717) is 0 Å². The fourth-order valence-corrected chi connectivity index (χ4v) is 2.33. The van der Waals surface area contributed by atoms with Crippen molar-refractivity contribution in [3.8, 4) is 0 Å². The van der Waals surface area contributed by atoms with E-state index in [2.05, 4.69) is 47.1 Å². The number of hydrogen-bond acceptors (Lipinski definition) is 1. The molecule has 2 heteroatoms. The molecule has 0 saturated heterocycles. The Labute approximate surface area is 106 Å². The third-order valence-electron chi connectivity index (χ3n) is 3.28. The molecule has 88 valence electrons. The lowest BCUT2D eigenvalue weighted by atomic mass is 9.98. The quantitative estimate of drug-likeness (QED) is 0.714. The minimum Gasteiger partial charge on any atom is -0.370 e. The van der Waals surface area contributed by atoms with Gasteiger partial charge >= 0.3 is 0 Å². The van der Waals surface area contributed by atoms with Crippen LogP contribution < -0.4 is 0 Å². The Hall–Kier alpha value is -0.340. The molecule has 1 aliphatic carbocycles. The van der Waals surface area contributed by atoms with Gasteiger partial charge in [0.1, 0.15) is 0 Å². The maximum absolute atomic E-state index is 6.07. The van der Waals surface area contributed by atoms with E-state index in [1.807, 2.05) is 6.07 Å². The van der Waals surface area contributed by atoms with E-state index in [9.17, 15) is 0 Å². The van der Waals surface area contributed by atoms with Gasteiger partial charge in [0.2, 0.25) is 0 Å². The smallest absolute Gasteiger partial charge is 0.0999 e. The Morgan fingerprint density at radius 1 is 1.31 bits per heavy atom. The molecule has 0 radical (unpaired) electrons. The van der Waals surface area contributed by atoms with E-state index in [1.54, 1.807) is 0 Å². The van der Waals surface area contributed by atoms with Crippen LogP contribution in [0.4, 0.5) is 0 Å². The molecule has 1 atom stereocenters. The summed E-state index contributed by atoms with van der Waals surface area (Å²) >= 11 is 3.57. The van der Waals surface area contributed by atoms with Gasteiger partial charge in [0.05, 0.1) is 5.60 Å². The summed E-state index contributed by atoms with van der Waals surface area (Å²) in [5.41, 5.74) is 1.07. The lowest BCUT2D eigenvalue weighted by molar-refractivity contribution is -0.0195. The highest BCUT2D eigenvalue weighted by Gasteiger charge is 2.27. The molecule has 1 saturated carbocycles. The van der Waals surface area contributed by atoms with Crippen molar-refractivity contribution >= 4 is 15.9 Å². The number of benzene rings is 1. The molecule has 1 unspecified atom stereocenters. The van der Waals surface area contributed by atoms with Crippen molar-refractivity contribution in [2.24, 2.45) is 5.92 Å². The SMILES string of the molecule is CC(CBr)(OCCC1CC1)c1ccccc1. The maximum atomic E-state index is 6.07. The summed E-state index contributed by atoms with van der Waals surface area (Å²) in [7, 11) is 0. The maximum Gasteiger partial charge on any atom is 0.0999 e.